The van der Waals surface area contributed by atoms with Crippen molar-refractivity contribution in [1.82, 2.24) is 9.97 Å². The molecule has 2 saturated carbocycles. The third-order valence-corrected chi connectivity index (χ3v) is 4.01. The molecule has 0 amide bonds. The minimum Gasteiger partial charge on any atom is -0.236 e. The minimum atomic E-state index is -0.317. The molecule has 0 N–H and O–H groups in total. The van der Waals surface area contributed by atoms with Crippen LogP contribution in [0.25, 0.3) is 0 Å². The third kappa shape index (κ3) is 2.14. The summed E-state index contributed by atoms with van der Waals surface area (Å²) in [4.78, 5) is 8.46. The lowest BCUT2D eigenvalue weighted by atomic mass is 10.2. The van der Waals surface area contributed by atoms with Gasteiger partial charge in [0.05, 0.1) is 9.26 Å². The Morgan fingerprint density at radius 3 is 2.53 bits per heavy atom. The Balaban J connectivity index is 1.93. The van der Waals surface area contributed by atoms with Gasteiger partial charge in [-0.3, -0.25) is 0 Å². The lowest BCUT2D eigenvalue weighted by Crippen LogP contribution is -2.06. The first-order chi connectivity index (χ1) is 7.24. The Labute approximate surface area is 102 Å². The number of halogens is 2. The van der Waals surface area contributed by atoms with Crippen LogP contribution in [0.3, 0.4) is 0 Å². The van der Waals surface area contributed by atoms with Gasteiger partial charge >= 0.3 is 0 Å². The highest BCUT2D eigenvalue weighted by Crippen LogP contribution is 2.41. The van der Waals surface area contributed by atoms with Crippen LogP contribution in [-0.4, -0.2) is 9.97 Å². The molecular formula is C11H12FIN2. The van der Waals surface area contributed by atoms with E-state index in [2.05, 4.69) is 9.97 Å². The average Bonchev–Trinajstić information content (AvgIpc) is 3.01. The second kappa shape index (κ2) is 3.64. The van der Waals surface area contributed by atoms with Crippen molar-refractivity contribution in [3.05, 3.63) is 21.0 Å². The van der Waals surface area contributed by atoms with Gasteiger partial charge in [0.25, 0.3) is 0 Å². The molecule has 3 rings (SSSR count). The van der Waals surface area contributed by atoms with Crippen molar-refractivity contribution in [3.8, 4) is 0 Å². The van der Waals surface area contributed by atoms with Gasteiger partial charge in [0, 0.05) is 12.3 Å². The van der Waals surface area contributed by atoms with Crippen LogP contribution in [0, 0.1) is 15.4 Å². The average molecular weight is 318 g/mol. The highest BCUT2D eigenvalue weighted by molar-refractivity contribution is 14.1. The predicted molar refractivity (Wildman–Crippen MR) is 63.1 cm³/mol. The van der Waals surface area contributed by atoms with Gasteiger partial charge in [-0.05, 0) is 54.2 Å². The van der Waals surface area contributed by atoms with Crippen molar-refractivity contribution in [3.63, 3.8) is 0 Å². The van der Waals surface area contributed by atoms with Crippen molar-refractivity contribution < 1.29 is 4.39 Å². The standard InChI is InChI=1S/C11H12FIN2/c12-11-9(13)10(7-3-4-7)14-8(15-11)5-6-1-2-6/h6-7H,1-5H2. The summed E-state index contributed by atoms with van der Waals surface area (Å²) < 4.78 is 14.2. The Morgan fingerprint density at radius 2 is 1.93 bits per heavy atom. The van der Waals surface area contributed by atoms with Crippen LogP contribution in [0.2, 0.25) is 0 Å². The molecule has 0 atom stereocenters. The molecule has 2 aliphatic carbocycles. The van der Waals surface area contributed by atoms with Gasteiger partial charge in [0.2, 0.25) is 5.95 Å². The van der Waals surface area contributed by atoms with Crippen LogP contribution in [0.4, 0.5) is 4.39 Å². The fourth-order valence-electron chi connectivity index (χ4n) is 1.78. The highest BCUT2D eigenvalue weighted by Gasteiger charge is 2.30. The van der Waals surface area contributed by atoms with Gasteiger partial charge in [-0.2, -0.15) is 4.39 Å². The molecule has 80 valence electrons. The molecule has 1 aromatic heterocycles. The summed E-state index contributed by atoms with van der Waals surface area (Å²) in [6.07, 6.45) is 5.71. The molecule has 15 heavy (non-hydrogen) atoms. The molecule has 4 heteroatoms. The van der Waals surface area contributed by atoms with E-state index in [-0.39, 0.29) is 5.95 Å². The Morgan fingerprint density at radius 1 is 1.20 bits per heavy atom. The number of hydrogen-bond donors (Lipinski definition) is 0. The van der Waals surface area contributed by atoms with Gasteiger partial charge in [-0.25, -0.2) is 9.97 Å². The zero-order chi connectivity index (χ0) is 10.4. The molecule has 1 heterocycles. The van der Waals surface area contributed by atoms with Crippen LogP contribution in [0.1, 0.15) is 43.1 Å². The quantitative estimate of drug-likeness (QED) is 0.632. The SMILES string of the molecule is Fc1nc(CC2CC2)nc(C2CC2)c1I. The Hall–Kier alpha value is -0.260. The summed E-state index contributed by atoms with van der Waals surface area (Å²) in [7, 11) is 0. The van der Waals surface area contributed by atoms with Gasteiger partial charge < -0.3 is 0 Å². The van der Waals surface area contributed by atoms with Crippen molar-refractivity contribution in [2.45, 2.75) is 38.0 Å². The summed E-state index contributed by atoms with van der Waals surface area (Å²) in [6.45, 7) is 0. The van der Waals surface area contributed by atoms with Gasteiger partial charge in [-0.1, -0.05) is 0 Å². The van der Waals surface area contributed by atoms with E-state index in [1.54, 1.807) is 0 Å². The molecule has 0 aromatic carbocycles. The van der Waals surface area contributed by atoms with Gasteiger partial charge in [0.1, 0.15) is 5.82 Å². The second-order valence-electron chi connectivity index (χ2n) is 4.55. The molecule has 2 nitrogen and oxygen atoms in total. The number of aromatic nitrogens is 2. The summed E-state index contributed by atoms with van der Waals surface area (Å²) in [5.74, 6) is 1.63. The van der Waals surface area contributed by atoms with E-state index in [0.29, 0.717) is 9.49 Å². The van der Waals surface area contributed by atoms with Crippen molar-refractivity contribution >= 4 is 22.6 Å². The first-order valence-electron chi connectivity index (χ1n) is 5.46. The van der Waals surface area contributed by atoms with Crippen LogP contribution in [0.5, 0.6) is 0 Å². The summed E-state index contributed by atoms with van der Waals surface area (Å²) >= 11 is 2.03. The van der Waals surface area contributed by atoms with Crippen LogP contribution >= 0.6 is 22.6 Å². The van der Waals surface area contributed by atoms with E-state index in [0.717, 1.165) is 36.7 Å². The van der Waals surface area contributed by atoms with Gasteiger partial charge in [-0.15, -0.1) is 0 Å². The van der Waals surface area contributed by atoms with E-state index in [4.69, 9.17) is 0 Å². The van der Waals surface area contributed by atoms with E-state index >= 15 is 0 Å². The second-order valence-corrected chi connectivity index (χ2v) is 5.63. The van der Waals surface area contributed by atoms with Crippen molar-refractivity contribution in [2.24, 2.45) is 5.92 Å². The fraction of sp³-hybridized carbons (Fsp3) is 0.636. The van der Waals surface area contributed by atoms with Gasteiger partial charge in [0.15, 0.2) is 0 Å². The maximum atomic E-state index is 13.5. The molecule has 2 aliphatic rings. The molecule has 0 radical (unpaired) electrons. The van der Waals surface area contributed by atoms with Crippen LogP contribution < -0.4 is 0 Å². The zero-order valence-corrected chi connectivity index (χ0v) is 10.5. The molecule has 1 aromatic rings. The number of rotatable bonds is 3. The summed E-state index contributed by atoms with van der Waals surface area (Å²) in [6, 6.07) is 0. The van der Waals surface area contributed by atoms with E-state index < -0.39 is 0 Å². The van der Waals surface area contributed by atoms with E-state index in [9.17, 15) is 4.39 Å². The monoisotopic (exact) mass is 318 g/mol. The first kappa shape index (κ1) is 9.93. The van der Waals surface area contributed by atoms with E-state index in [1.165, 1.54) is 12.8 Å². The Kier molecular flexibility index (Phi) is 2.41. The topological polar surface area (TPSA) is 25.8 Å². The largest absolute Gasteiger partial charge is 0.236 e. The third-order valence-electron chi connectivity index (χ3n) is 3.01. The Bertz CT molecular complexity index is 400. The normalized spacial score (nSPS) is 20.7. The van der Waals surface area contributed by atoms with Crippen molar-refractivity contribution in [1.29, 1.82) is 0 Å². The maximum Gasteiger partial charge on any atom is 0.229 e. The zero-order valence-electron chi connectivity index (χ0n) is 8.34. The number of nitrogens with zero attached hydrogens (tertiary/aromatic N) is 2. The fourth-order valence-corrected chi connectivity index (χ4v) is 2.46. The lowest BCUT2D eigenvalue weighted by Gasteiger charge is -2.05. The highest BCUT2D eigenvalue weighted by atomic mass is 127. The summed E-state index contributed by atoms with van der Waals surface area (Å²) in [5, 5.41) is 0. The number of hydrogen-bond acceptors (Lipinski definition) is 2. The smallest absolute Gasteiger partial charge is 0.229 e. The lowest BCUT2D eigenvalue weighted by molar-refractivity contribution is 0.551. The first-order valence-corrected chi connectivity index (χ1v) is 6.53. The molecule has 0 bridgehead atoms. The predicted octanol–water partition coefficient (Wildman–Crippen LogP) is 3.05. The van der Waals surface area contributed by atoms with Crippen LogP contribution in [-0.2, 0) is 6.42 Å². The molecule has 0 spiro atoms. The minimum absolute atomic E-state index is 0.317. The summed E-state index contributed by atoms with van der Waals surface area (Å²) in [5.41, 5.74) is 0.957. The molecule has 0 saturated heterocycles. The molecular weight excluding hydrogens is 306 g/mol. The maximum absolute atomic E-state index is 13.5. The molecule has 0 aliphatic heterocycles. The van der Waals surface area contributed by atoms with Crippen molar-refractivity contribution in [2.75, 3.05) is 0 Å². The van der Waals surface area contributed by atoms with Crippen LogP contribution in [0.15, 0.2) is 0 Å². The van der Waals surface area contributed by atoms with E-state index in [1.807, 2.05) is 22.6 Å². The molecule has 2 fully saturated rings. The molecule has 0 unspecified atom stereocenters.